The Morgan fingerprint density at radius 1 is 1.50 bits per heavy atom. The minimum Gasteiger partial charge on any atom is -0.493 e. The van der Waals surface area contributed by atoms with Crippen LogP contribution in [0.5, 0.6) is 5.75 Å². The Balaban J connectivity index is 2.16. The molecule has 1 aromatic carbocycles. The molecule has 112 valence electrons. The van der Waals surface area contributed by atoms with E-state index in [2.05, 4.69) is 5.32 Å². The SMILES string of the molecule is CC(CCNC(=O)CCOc1cccc(N)c1)S(C)=O. The lowest BCUT2D eigenvalue weighted by Crippen LogP contribution is -2.28. The fraction of sp³-hybridized carbons (Fsp3) is 0.500. The molecule has 0 saturated carbocycles. The van der Waals surface area contributed by atoms with Crippen LogP contribution >= 0.6 is 0 Å². The lowest BCUT2D eigenvalue weighted by Gasteiger charge is -2.10. The van der Waals surface area contributed by atoms with Crippen LogP contribution in [-0.4, -0.2) is 34.8 Å². The maximum absolute atomic E-state index is 11.6. The van der Waals surface area contributed by atoms with E-state index >= 15 is 0 Å². The van der Waals surface area contributed by atoms with Crippen molar-refractivity contribution in [1.82, 2.24) is 5.32 Å². The van der Waals surface area contributed by atoms with Crippen LogP contribution in [0.4, 0.5) is 5.69 Å². The second-order valence-corrected chi connectivity index (χ2v) is 6.42. The summed E-state index contributed by atoms with van der Waals surface area (Å²) < 4.78 is 16.6. The molecule has 2 atom stereocenters. The highest BCUT2D eigenvalue weighted by Gasteiger charge is 2.07. The molecule has 0 aliphatic carbocycles. The summed E-state index contributed by atoms with van der Waals surface area (Å²) in [5, 5.41) is 2.88. The first-order valence-corrected chi connectivity index (χ1v) is 8.18. The Kier molecular flexibility index (Phi) is 7.08. The Morgan fingerprint density at radius 2 is 2.25 bits per heavy atom. The van der Waals surface area contributed by atoms with Crippen molar-refractivity contribution < 1.29 is 13.7 Å². The third-order valence-electron chi connectivity index (χ3n) is 2.90. The van der Waals surface area contributed by atoms with Crippen molar-refractivity contribution in [2.75, 3.05) is 25.1 Å². The summed E-state index contributed by atoms with van der Waals surface area (Å²) in [5.41, 5.74) is 6.26. The molecule has 5 nitrogen and oxygen atoms in total. The number of hydrogen-bond donors (Lipinski definition) is 2. The topological polar surface area (TPSA) is 81.4 Å². The molecular weight excluding hydrogens is 276 g/mol. The van der Waals surface area contributed by atoms with Gasteiger partial charge in [0.15, 0.2) is 0 Å². The van der Waals surface area contributed by atoms with Crippen molar-refractivity contribution in [3.05, 3.63) is 24.3 Å². The van der Waals surface area contributed by atoms with Gasteiger partial charge in [-0.3, -0.25) is 9.00 Å². The highest BCUT2D eigenvalue weighted by molar-refractivity contribution is 7.84. The van der Waals surface area contributed by atoms with Crippen molar-refractivity contribution in [3.8, 4) is 5.75 Å². The summed E-state index contributed by atoms with van der Waals surface area (Å²) in [6.07, 6.45) is 2.68. The van der Waals surface area contributed by atoms with Gasteiger partial charge < -0.3 is 15.8 Å². The van der Waals surface area contributed by atoms with Gasteiger partial charge in [0, 0.05) is 40.6 Å². The molecule has 0 heterocycles. The normalized spacial score (nSPS) is 13.5. The second-order valence-electron chi connectivity index (χ2n) is 4.62. The van der Waals surface area contributed by atoms with Crippen molar-refractivity contribution in [1.29, 1.82) is 0 Å². The van der Waals surface area contributed by atoms with Gasteiger partial charge in [-0.15, -0.1) is 0 Å². The monoisotopic (exact) mass is 298 g/mol. The first-order valence-electron chi connectivity index (χ1n) is 6.56. The average molecular weight is 298 g/mol. The van der Waals surface area contributed by atoms with Crippen molar-refractivity contribution in [2.45, 2.75) is 25.0 Å². The number of carbonyl (C=O) groups is 1. The molecule has 0 aliphatic rings. The molecule has 0 fully saturated rings. The van der Waals surface area contributed by atoms with E-state index in [-0.39, 0.29) is 11.2 Å². The minimum atomic E-state index is -0.845. The number of amides is 1. The number of hydrogen-bond acceptors (Lipinski definition) is 4. The van der Waals surface area contributed by atoms with E-state index in [1.807, 2.05) is 6.92 Å². The summed E-state index contributed by atoms with van der Waals surface area (Å²) in [4.78, 5) is 11.6. The number of nitrogen functional groups attached to an aromatic ring is 1. The van der Waals surface area contributed by atoms with Gasteiger partial charge in [0.05, 0.1) is 13.0 Å². The Labute approximate surface area is 122 Å². The van der Waals surface area contributed by atoms with Crippen LogP contribution < -0.4 is 15.8 Å². The van der Waals surface area contributed by atoms with Crippen LogP contribution in [0.15, 0.2) is 24.3 Å². The number of rotatable bonds is 8. The van der Waals surface area contributed by atoms with Crippen LogP contribution in [0.3, 0.4) is 0 Å². The van der Waals surface area contributed by atoms with Crippen LogP contribution in [0, 0.1) is 0 Å². The summed E-state index contributed by atoms with van der Waals surface area (Å²) in [6, 6.07) is 7.10. The van der Waals surface area contributed by atoms with Gasteiger partial charge in [0.25, 0.3) is 0 Å². The third-order valence-corrected chi connectivity index (χ3v) is 4.26. The van der Waals surface area contributed by atoms with Crippen molar-refractivity contribution in [2.24, 2.45) is 0 Å². The predicted octanol–water partition coefficient (Wildman–Crippen LogP) is 1.31. The highest BCUT2D eigenvalue weighted by Crippen LogP contribution is 2.14. The van der Waals surface area contributed by atoms with Gasteiger partial charge in [0.2, 0.25) is 5.91 Å². The van der Waals surface area contributed by atoms with Crippen LogP contribution in [-0.2, 0) is 15.6 Å². The van der Waals surface area contributed by atoms with Crippen molar-refractivity contribution >= 4 is 22.4 Å². The zero-order chi connectivity index (χ0) is 15.0. The zero-order valence-electron chi connectivity index (χ0n) is 11.9. The largest absolute Gasteiger partial charge is 0.493 e. The fourth-order valence-electron chi connectivity index (χ4n) is 1.54. The van der Waals surface area contributed by atoms with E-state index in [0.717, 1.165) is 0 Å². The summed E-state index contributed by atoms with van der Waals surface area (Å²) >= 11 is 0. The molecule has 1 aromatic rings. The molecule has 3 N–H and O–H groups in total. The molecule has 20 heavy (non-hydrogen) atoms. The van der Waals surface area contributed by atoms with Crippen LogP contribution in [0.25, 0.3) is 0 Å². The molecule has 0 aromatic heterocycles. The number of carbonyl (C=O) groups excluding carboxylic acids is 1. The molecule has 0 bridgehead atoms. The zero-order valence-corrected chi connectivity index (χ0v) is 12.7. The molecule has 0 spiro atoms. The van der Waals surface area contributed by atoms with E-state index in [1.165, 1.54) is 0 Å². The first kappa shape index (κ1) is 16.5. The summed E-state index contributed by atoms with van der Waals surface area (Å²) in [5.74, 6) is 0.593. The van der Waals surface area contributed by atoms with E-state index in [1.54, 1.807) is 30.5 Å². The number of nitrogens with two attached hydrogens (primary N) is 1. The van der Waals surface area contributed by atoms with Crippen LogP contribution in [0.1, 0.15) is 19.8 Å². The molecule has 0 aliphatic heterocycles. The maximum Gasteiger partial charge on any atom is 0.223 e. The quantitative estimate of drug-likeness (QED) is 0.709. The molecule has 2 unspecified atom stereocenters. The van der Waals surface area contributed by atoms with Crippen molar-refractivity contribution in [3.63, 3.8) is 0 Å². The van der Waals surface area contributed by atoms with E-state index in [9.17, 15) is 9.00 Å². The number of ether oxygens (including phenoxy) is 1. The summed E-state index contributed by atoms with van der Waals surface area (Å²) in [7, 11) is -0.845. The number of nitrogens with one attached hydrogen (secondary N) is 1. The van der Waals surface area contributed by atoms with Gasteiger partial charge in [-0.1, -0.05) is 13.0 Å². The molecule has 1 amide bonds. The highest BCUT2D eigenvalue weighted by atomic mass is 32.2. The number of anilines is 1. The fourth-order valence-corrected chi connectivity index (χ4v) is 1.98. The van der Waals surface area contributed by atoms with E-state index in [4.69, 9.17) is 10.5 Å². The Morgan fingerprint density at radius 3 is 2.90 bits per heavy atom. The van der Waals surface area contributed by atoms with Gasteiger partial charge in [0.1, 0.15) is 5.75 Å². The smallest absolute Gasteiger partial charge is 0.223 e. The lowest BCUT2D eigenvalue weighted by molar-refractivity contribution is -0.121. The van der Waals surface area contributed by atoms with E-state index in [0.29, 0.717) is 37.4 Å². The molecule has 1 rings (SSSR count). The van der Waals surface area contributed by atoms with Gasteiger partial charge in [-0.25, -0.2) is 0 Å². The van der Waals surface area contributed by atoms with E-state index < -0.39 is 10.8 Å². The standard InChI is InChI=1S/C14H22N2O3S/c1-11(20(2)18)6-8-16-14(17)7-9-19-13-5-3-4-12(15)10-13/h3-5,10-11H,6-9,15H2,1-2H3,(H,16,17). The Hall–Kier alpha value is -1.56. The molecular formula is C14H22N2O3S. The second kappa shape index (κ2) is 8.58. The van der Waals surface area contributed by atoms with Gasteiger partial charge >= 0.3 is 0 Å². The summed E-state index contributed by atoms with van der Waals surface area (Å²) in [6.45, 7) is 2.76. The third kappa shape index (κ3) is 6.56. The Bertz CT molecular complexity index is 465. The van der Waals surface area contributed by atoms with Gasteiger partial charge in [-0.05, 0) is 18.6 Å². The van der Waals surface area contributed by atoms with Crippen LogP contribution in [0.2, 0.25) is 0 Å². The molecule has 0 saturated heterocycles. The maximum atomic E-state index is 11.6. The first-order chi connectivity index (χ1) is 9.49. The molecule has 0 radical (unpaired) electrons. The lowest BCUT2D eigenvalue weighted by atomic mass is 10.3. The predicted molar refractivity (Wildman–Crippen MR) is 82.1 cm³/mol. The number of benzene rings is 1. The minimum absolute atomic E-state index is 0.0667. The molecule has 6 heteroatoms. The average Bonchev–Trinajstić information content (AvgIpc) is 2.38. The van der Waals surface area contributed by atoms with Gasteiger partial charge in [-0.2, -0.15) is 0 Å².